The molecular formula is C19H22N2O3. The Bertz CT molecular complexity index is 774. The van der Waals surface area contributed by atoms with Crippen LogP contribution in [0.1, 0.15) is 43.5 Å². The van der Waals surface area contributed by atoms with Crippen LogP contribution < -0.4 is 5.56 Å². The molecule has 0 saturated heterocycles. The highest BCUT2D eigenvalue weighted by molar-refractivity contribution is 5.69. The molecule has 126 valence electrons. The van der Waals surface area contributed by atoms with Gasteiger partial charge in [-0.1, -0.05) is 44.2 Å². The number of carbonyl (C=O) groups is 1. The van der Waals surface area contributed by atoms with Crippen LogP contribution in [0.5, 0.6) is 0 Å². The summed E-state index contributed by atoms with van der Waals surface area (Å²) in [6.45, 7) is 6.12. The number of nitrogens with zero attached hydrogens (tertiary/aromatic N) is 2. The summed E-state index contributed by atoms with van der Waals surface area (Å²) in [6, 6.07) is 11.3. The third-order valence-corrected chi connectivity index (χ3v) is 3.52. The second kappa shape index (κ2) is 8.24. The predicted octanol–water partition coefficient (Wildman–Crippen LogP) is 3.10. The molecule has 0 bridgehead atoms. The molecule has 0 atom stereocenters. The van der Waals surface area contributed by atoms with Gasteiger partial charge in [0.1, 0.15) is 6.54 Å². The third kappa shape index (κ3) is 4.91. The van der Waals surface area contributed by atoms with Gasteiger partial charge in [0.05, 0.1) is 12.3 Å². The molecule has 5 nitrogen and oxygen atoms in total. The average Bonchev–Trinajstić information content (AvgIpc) is 2.56. The van der Waals surface area contributed by atoms with Gasteiger partial charge in [-0.2, -0.15) is 5.10 Å². The Labute approximate surface area is 141 Å². The molecular weight excluding hydrogens is 304 g/mol. The Morgan fingerprint density at radius 2 is 1.88 bits per heavy atom. The number of aromatic nitrogens is 2. The molecule has 1 heterocycles. The summed E-state index contributed by atoms with van der Waals surface area (Å²) in [5.74, 6) is 0.0219. The number of carbonyl (C=O) groups excluding carboxylic acids is 1. The van der Waals surface area contributed by atoms with E-state index in [1.807, 2.05) is 24.3 Å². The Hall–Kier alpha value is -2.69. The van der Waals surface area contributed by atoms with Gasteiger partial charge in [0.25, 0.3) is 5.56 Å². The van der Waals surface area contributed by atoms with Crippen LogP contribution in [0.15, 0.2) is 41.2 Å². The summed E-state index contributed by atoms with van der Waals surface area (Å²) < 4.78 is 5.95. The third-order valence-electron chi connectivity index (χ3n) is 3.52. The maximum absolute atomic E-state index is 11.8. The van der Waals surface area contributed by atoms with Gasteiger partial charge in [0, 0.05) is 6.07 Å². The second-order valence-electron chi connectivity index (χ2n) is 5.71. The van der Waals surface area contributed by atoms with Crippen molar-refractivity contribution in [2.45, 2.75) is 33.2 Å². The fourth-order valence-corrected chi connectivity index (χ4v) is 2.17. The molecule has 2 rings (SSSR count). The molecule has 0 radical (unpaired) electrons. The Morgan fingerprint density at radius 1 is 1.17 bits per heavy atom. The highest BCUT2D eigenvalue weighted by atomic mass is 16.5. The van der Waals surface area contributed by atoms with E-state index in [4.69, 9.17) is 4.74 Å². The van der Waals surface area contributed by atoms with Crippen molar-refractivity contribution in [2.24, 2.45) is 0 Å². The summed E-state index contributed by atoms with van der Waals surface area (Å²) in [7, 11) is 0. The van der Waals surface area contributed by atoms with Crippen molar-refractivity contribution in [1.29, 1.82) is 0 Å². The molecule has 0 saturated carbocycles. The Morgan fingerprint density at radius 3 is 2.50 bits per heavy atom. The van der Waals surface area contributed by atoms with Crippen molar-refractivity contribution in [3.05, 3.63) is 63.6 Å². The van der Waals surface area contributed by atoms with Crippen LogP contribution in [0.25, 0.3) is 12.2 Å². The van der Waals surface area contributed by atoms with E-state index in [1.165, 1.54) is 11.6 Å². The Kier molecular flexibility index (Phi) is 6.07. The Balaban J connectivity index is 2.14. The molecule has 0 aliphatic carbocycles. The number of hydrogen-bond donors (Lipinski definition) is 0. The first-order valence-corrected chi connectivity index (χ1v) is 8.01. The summed E-state index contributed by atoms with van der Waals surface area (Å²) in [4.78, 5) is 23.3. The van der Waals surface area contributed by atoms with Crippen LogP contribution in [-0.4, -0.2) is 22.4 Å². The molecule has 24 heavy (non-hydrogen) atoms. The van der Waals surface area contributed by atoms with Gasteiger partial charge in [0.2, 0.25) is 0 Å². The maximum atomic E-state index is 11.8. The quantitative estimate of drug-likeness (QED) is 0.765. The molecule has 0 N–H and O–H groups in total. The van der Waals surface area contributed by atoms with Crippen LogP contribution in [0.3, 0.4) is 0 Å². The van der Waals surface area contributed by atoms with E-state index in [2.05, 4.69) is 31.1 Å². The van der Waals surface area contributed by atoms with Gasteiger partial charge in [-0.3, -0.25) is 9.59 Å². The highest BCUT2D eigenvalue weighted by Crippen LogP contribution is 2.15. The lowest BCUT2D eigenvalue weighted by atomic mass is 10.0. The van der Waals surface area contributed by atoms with Crippen molar-refractivity contribution in [3.8, 4) is 0 Å². The molecule has 0 spiro atoms. The lowest BCUT2D eigenvalue weighted by Crippen LogP contribution is -2.27. The van der Waals surface area contributed by atoms with Crippen molar-refractivity contribution < 1.29 is 9.53 Å². The molecule has 0 fully saturated rings. The zero-order valence-electron chi connectivity index (χ0n) is 14.2. The van der Waals surface area contributed by atoms with Crippen LogP contribution in [0.4, 0.5) is 0 Å². The average molecular weight is 326 g/mol. The molecule has 1 aromatic carbocycles. The van der Waals surface area contributed by atoms with Gasteiger partial charge in [-0.05, 0) is 36.1 Å². The topological polar surface area (TPSA) is 61.2 Å². The standard InChI is InChI=1S/C19H22N2O3/c1-4-24-19(23)13-21-18(22)12-11-17(20-21)10-7-15-5-8-16(9-6-15)14(2)3/h5-12,14H,4,13H2,1-3H3/b10-7+. The van der Waals surface area contributed by atoms with Crippen LogP contribution >= 0.6 is 0 Å². The van der Waals surface area contributed by atoms with Gasteiger partial charge in [0.15, 0.2) is 0 Å². The number of rotatable bonds is 6. The molecule has 1 aromatic heterocycles. The summed E-state index contributed by atoms with van der Waals surface area (Å²) in [5, 5.41) is 4.17. The first-order valence-electron chi connectivity index (χ1n) is 8.01. The predicted molar refractivity (Wildman–Crippen MR) is 94.6 cm³/mol. The molecule has 0 amide bonds. The summed E-state index contributed by atoms with van der Waals surface area (Å²) in [6.07, 6.45) is 3.73. The van der Waals surface area contributed by atoms with E-state index in [1.54, 1.807) is 13.0 Å². The van der Waals surface area contributed by atoms with Gasteiger partial charge < -0.3 is 4.74 Å². The molecule has 0 aliphatic rings. The zero-order chi connectivity index (χ0) is 17.5. The van der Waals surface area contributed by atoms with Gasteiger partial charge >= 0.3 is 5.97 Å². The molecule has 0 aliphatic heterocycles. The largest absolute Gasteiger partial charge is 0.465 e. The van der Waals surface area contributed by atoms with E-state index in [0.717, 1.165) is 10.2 Å². The fraction of sp³-hybridized carbons (Fsp3) is 0.316. The second-order valence-corrected chi connectivity index (χ2v) is 5.71. The van der Waals surface area contributed by atoms with Crippen molar-refractivity contribution in [1.82, 2.24) is 9.78 Å². The first kappa shape index (κ1) is 17.7. The SMILES string of the molecule is CCOC(=O)Cn1nc(/C=C/c2ccc(C(C)C)cc2)ccc1=O. The summed E-state index contributed by atoms with van der Waals surface area (Å²) >= 11 is 0. The van der Waals surface area contributed by atoms with Crippen LogP contribution in [-0.2, 0) is 16.1 Å². The van der Waals surface area contributed by atoms with Crippen molar-refractivity contribution in [2.75, 3.05) is 6.61 Å². The number of esters is 1. The molecule has 2 aromatic rings. The summed E-state index contributed by atoms with van der Waals surface area (Å²) in [5.41, 5.74) is 2.60. The zero-order valence-corrected chi connectivity index (χ0v) is 14.2. The molecule has 0 unspecified atom stereocenters. The minimum atomic E-state index is -0.475. The number of benzene rings is 1. The normalized spacial score (nSPS) is 11.2. The number of hydrogen-bond acceptors (Lipinski definition) is 4. The van der Waals surface area contributed by atoms with E-state index >= 15 is 0 Å². The highest BCUT2D eigenvalue weighted by Gasteiger charge is 2.06. The van der Waals surface area contributed by atoms with Gasteiger partial charge in [-0.25, -0.2) is 4.68 Å². The van der Waals surface area contributed by atoms with Crippen molar-refractivity contribution in [3.63, 3.8) is 0 Å². The lowest BCUT2D eigenvalue weighted by molar-refractivity contribution is -0.144. The minimum absolute atomic E-state index is 0.183. The number of ether oxygens (including phenoxy) is 1. The molecule has 5 heteroatoms. The first-order chi connectivity index (χ1) is 11.5. The van der Waals surface area contributed by atoms with E-state index in [0.29, 0.717) is 11.6 Å². The van der Waals surface area contributed by atoms with Crippen LogP contribution in [0.2, 0.25) is 0 Å². The minimum Gasteiger partial charge on any atom is -0.465 e. The van der Waals surface area contributed by atoms with Crippen molar-refractivity contribution >= 4 is 18.1 Å². The fourth-order valence-electron chi connectivity index (χ4n) is 2.17. The monoisotopic (exact) mass is 326 g/mol. The van der Waals surface area contributed by atoms with E-state index in [9.17, 15) is 9.59 Å². The van der Waals surface area contributed by atoms with Crippen LogP contribution in [0, 0.1) is 0 Å². The maximum Gasteiger partial charge on any atom is 0.327 e. The lowest BCUT2D eigenvalue weighted by Gasteiger charge is -2.05. The smallest absolute Gasteiger partial charge is 0.327 e. The van der Waals surface area contributed by atoms with Gasteiger partial charge in [-0.15, -0.1) is 0 Å². The van der Waals surface area contributed by atoms with E-state index < -0.39 is 5.97 Å². The van der Waals surface area contributed by atoms with E-state index in [-0.39, 0.29) is 18.7 Å².